The highest BCUT2D eigenvalue weighted by atomic mass is 35.5. The average Bonchev–Trinajstić information content (AvgIpc) is 3.07. The van der Waals surface area contributed by atoms with E-state index in [4.69, 9.17) is 39.3 Å². The molecule has 0 radical (unpaired) electrons. The van der Waals surface area contributed by atoms with Crippen molar-refractivity contribution < 1.29 is 9.32 Å². The first-order valence-corrected chi connectivity index (χ1v) is 8.82. The summed E-state index contributed by atoms with van der Waals surface area (Å²) in [5, 5.41) is 12.4. The molecular formula is C17H15Cl3N4O2. The van der Waals surface area contributed by atoms with Gasteiger partial charge in [-0.05, 0) is 39.0 Å². The fourth-order valence-corrected chi connectivity index (χ4v) is 2.93. The lowest BCUT2D eigenvalue weighted by molar-refractivity contribution is 0.101. The molecule has 3 aromatic rings. The van der Waals surface area contributed by atoms with Crippen molar-refractivity contribution >= 4 is 46.4 Å². The van der Waals surface area contributed by atoms with E-state index in [1.54, 1.807) is 29.8 Å². The molecule has 2 heterocycles. The first kappa shape index (κ1) is 18.8. The summed E-state index contributed by atoms with van der Waals surface area (Å²) in [6.07, 6.45) is 0. The predicted molar refractivity (Wildman–Crippen MR) is 101 cm³/mol. The Hall–Kier alpha value is -2.02. The average molecular weight is 414 g/mol. The molecule has 0 spiro atoms. The van der Waals surface area contributed by atoms with Crippen LogP contribution < -0.4 is 5.32 Å². The van der Waals surface area contributed by atoms with Crippen LogP contribution in [0.25, 0.3) is 0 Å². The summed E-state index contributed by atoms with van der Waals surface area (Å²) in [5.74, 6) is 0.121. The van der Waals surface area contributed by atoms with E-state index in [1.165, 1.54) is 0 Å². The van der Waals surface area contributed by atoms with Gasteiger partial charge in [0.05, 0.1) is 33.0 Å². The van der Waals surface area contributed by atoms with Crippen molar-refractivity contribution in [2.75, 3.05) is 5.32 Å². The molecule has 0 aliphatic heterocycles. The molecule has 26 heavy (non-hydrogen) atoms. The van der Waals surface area contributed by atoms with E-state index in [-0.39, 0.29) is 5.69 Å². The normalized spacial score (nSPS) is 11.0. The second-order valence-electron chi connectivity index (χ2n) is 5.79. The van der Waals surface area contributed by atoms with Crippen molar-refractivity contribution in [2.24, 2.45) is 0 Å². The Labute approximate surface area is 165 Å². The zero-order chi connectivity index (χ0) is 19.0. The van der Waals surface area contributed by atoms with Crippen molar-refractivity contribution in [2.45, 2.75) is 27.3 Å². The zero-order valence-electron chi connectivity index (χ0n) is 14.2. The standard InChI is InChI=1S/C17H15Cl3N4O2/c1-8-15(20)9(2)24(22-8)7-12-10(3)26-23-16(12)17(25)21-11-4-5-13(18)14(19)6-11/h4-6H,7H2,1-3H3,(H,21,25). The number of aryl methyl sites for hydroxylation is 2. The van der Waals surface area contributed by atoms with E-state index < -0.39 is 5.91 Å². The largest absolute Gasteiger partial charge is 0.361 e. The van der Waals surface area contributed by atoms with E-state index >= 15 is 0 Å². The number of hydrogen-bond acceptors (Lipinski definition) is 4. The van der Waals surface area contributed by atoms with Gasteiger partial charge in [0.15, 0.2) is 5.69 Å². The third-order valence-corrected chi connectivity index (χ3v) is 5.26. The number of nitrogens with one attached hydrogen (secondary N) is 1. The Morgan fingerprint density at radius 2 is 1.92 bits per heavy atom. The van der Waals surface area contributed by atoms with Crippen LogP contribution in [0.5, 0.6) is 0 Å². The predicted octanol–water partition coefficient (Wildman–Crippen LogP) is 5.06. The van der Waals surface area contributed by atoms with E-state index in [1.807, 2.05) is 13.8 Å². The quantitative estimate of drug-likeness (QED) is 0.649. The van der Waals surface area contributed by atoms with Crippen LogP contribution in [-0.2, 0) is 6.54 Å². The van der Waals surface area contributed by atoms with Crippen LogP contribution in [0.1, 0.15) is 33.2 Å². The molecule has 0 bridgehead atoms. The number of amides is 1. The minimum Gasteiger partial charge on any atom is -0.361 e. The first-order chi connectivity index (χ1) is 12.3. The van der Waals surface area contributed by atoms with Gasteiger partial charge in [-0.15, -0.1) is 0 Å². The maximum absolute atomic E-state index is 12.6. The molecule has 6 nitrogen and oxygen atoms in total. The number of halogens is 3. The van der Waals surface area contributed by atoms with Gasteiger partial charge in [0.2, 0.25) is 0 Å². The minimum atomic E-state index is -0.414. The Kier molecular flexibility index (Phi) is 5.27. The second kappa shape index (κ2) is 7.31. The number of rotatable bonds is 4. The number of anilines is 1. The van der Waals surface area contributed by atoms with E-state index in [9.17, 15) is 4.79 Å². The summed E-state index contributed by atoms with van der Waals surface area (Å²) >= 11 is 18.1. The van der Waals surface area contributed by atoms with Crippen molar-refractivity contribution in [3.05, 3.63) is 61.7 Å². The highest BCUT2D eigenvalue weighted by molar-refractivity contribution is 6.42. The molecule has 9 heteroatoms. The lowest BCUT2D eigenvalue weighted by Gasteiger charge is -2.07. The topological polar surface area (TPSA) is 73.0 Å². The maximum Gasteiger partial charge on any atom is 0.278 e. The summed E-state index contributed by atoms with van der Waals surface area (Å²) in [6.45, 7) is 5.75. The monoisotopic (exact) mass is 412 g/mol. The highest BCUT2D eigenvalue weighted by Gasteiger charge is 2.22. The number of nitrogens with zero attached hydrogens (tertiary/aromatic N) is 3. The van der Waals surface area contributed by atoms with Gasteiger partial charge in [-0.2, -0.15) is 5.10 Å². The summed E-state index contributed by atoms with van der Waals surface area (Å²) in [6, 6.07) is 4.82. The SMILES string of the molecule is Cc1nn(Cc2c(C(=O)Nc3ccc(Cl)c(Cl)c3)noc2C)c(C)c1Cl. The van der Waals surface area contributed by atoms with E-state index in [2.05, 4.69) is 15.6 Å². The van der Waals surface area contributed by atoms with E-state index in [0.29, 0.717) is 38.6 Å². The van der Waals surface area contributed by atoms with Crippen molar-refractivity contribution in [3.8, 4) is 0 Å². The van der Waals surface area contributed by atoms with Crippen LogP contribution in [0.2, 0.25) is 15.1 Å². The fraction of sp³-hybridized carbons (Fsp3) is 0.235. The van der Waals surface area contributed by atoms with Crippen molar-refractivity contribution in [1.29, 1.82) is 0 Å². The molecule has 136 valence electrons. The molecule has 0 fully saturated rings. The van der Waals surface area contributed by atoms with Gasteiger partial charge in [0.1, 0.15) is 5.76 Å². The van der Waals surface area contributed by atoms with Gasteiger partial charge in [-0.1, -0.05) is 40.0 Å². The van der Waals surface area contributed by atoms with Gasteiger partial charge in [0.25, 0.3) is 5.91 Å². The lowest BCUT2D eigenvalue weighted by atomic mass is 10.1. The Morgan fingerprint density at radius 3 is 2.54 bits per heavy atom. The Balaban J connectivity index is 1.88. The number of carbonyl (C=O) groups excluding carboxylic acids is 1. The van der Waals surface area contributed by atoms with Gasteiger partial charge >= 0.3 is 0 Å². The molecule has 0 aliphatic rings. The van der Waals surface area contributed by atoms with Crippen LogP contribution >= 0.6 is 34.8 Å². The van der Waals surface area contributed by atoms with Gasteiger partial charge < -0.3 is 9.84 Å². The summed E-state index contributed by atoms with van der Waals surface area (Å²) in [7, 11) is 0. The Bertz CT molecular complexity index is 994. The summed E-state index contributed by atoms with van der Waals surface area (Å²) in [4.78, 5) is 12.6. The molecule has 2 aromatic heterocycles. The molecular weight excluding hydrogens is 399 g/mol. The zero-order valence-corrected chi connectivity index (χ0v) is 16.5. The van der Waals surface area contributed by atoms with Gasteiger partial charge in [-0.25, -0.2) is 0 Å². The first-order valence-electron chi connectivity index (χ1n) is 7.69. The van der Waals surface area contributed by atoms with Crippen LogP contribution in [0.3, 0.4) is 0 Å². The molecule has 1 N–H and O–H groups in total. The second-order valence-corrected chi connectivity index (χ2v) is 6.98. The molecule has 0 unspecified atom stereocenters. The summed E-state index contributed by atoms with van der Waals surface area (Å²) < 4.78 is 6.93. The number of carbonyl (C=O) groups is 1. The van der Waals surface area contributed by atoms with Gasteiger partial charge in [-0.3, -0.25) is 9.48 Å². The van der Waals surface area contributed by atoms with Crippen LogP contribution in [0, 0.1) is 20.8 Å². The van der Waals surface area contributed by atoms with Crippen LogP contribution in [0.4, 0.5) is 5.69 Å². The molecule has 1 amide bonds. The fourth-order valence-electron chi connectivity index (χ4n) is 2.50. The van der Waals surface area contributed by atoms with E-state index in [0.717, 1.165) is 11.4 Å². The van der Waals surface area contributed by atoms with Crippen LogP contribution in [-0.4, -0.2) is 20.8 Å². The highest BCUT2D eigenvalue weighted by Crippen LogP contribution is 2.26. The van der Waals surface area contributed by atoms with Crippen molar-refractivity contribution in [3.63, 3.8) is 0 Å². The smallest absolute Gasteiger partial charge is 0.278 e. The third kappa shape index (κ3) is 3.58. The lowest BCUT2D eigenvalue weighted by Crippen LogP contribution is -2.16. The third-order valence-electron chi connectivity index (χ3n) is 3.98. The molecule has 0 atom stereocenters. The molecule has 1 aromatic carbocycles. The number of benzene rings is 1. The van der Waals surface area contributed by atoms with Crippen molar-refractivity contribution in [1.82, 2.24) is 14.9 Å². The molecule has 0 saturated carbocycles. The minimum absolute atomic E-state index is 0.178. The number of hydrogen-bond donors (Lipinski definition) is 1. The molecule has 0 aliphatic carbocycles. The molecule has 0 saturated heterocycles. The molecule has 3 rings (SSSR count). The number of aromatic nitrogens is 3. The summed E-state index contributed by atoms with van der Waals surface area (Å²) in [5.41, 5.74) is 2.84. The maximum atomic E-state index is 12.6. The Morgan fingerprint density at radius 1 is 1.19 bits per heavy atom. The van der Waals surface area contributed by atoms with Gasteiger partial charge in [0, 0.05) is 11.3 Å². The van der Waals surface area contributed by atoms with Crippen LogP contribution in [0.15, 0.2) is 22.7 Å².